The number of anilines is 1. The number of nitro benzene ring substituents is 1. The summed E-state index contributed by atoms with van der Waals surface area (Å²) in [6.07, 6.45) is 1.55. The van der Waals surface area contributed by atoms with Gasteiger partial charge in [0.1, 0.15) is 11.4 Å². The van der Waals surface area contributed by atoms with Crippen LogP contribution in [0.4, 0.5) is 11.4 Å². The van der Waals surface area contributed by atoms with E-state index in [0.717, 1.165) is 24.3 Å². The van der Waals surface area contributed by atoms with Gasteiger partial charge in [0.2, 0.25) is 10.0 Å². The Morgan fingerprint density at radius 2 is 1.84 bits per heavy atom. The van der Waals surface area contributed by atoms with E-state index in [9.17, 15) is 23.6 Å². The molecule has 1 saturated heterocycles. The number of sulfonamides is 1. The third kappa shape index (κ3) is 4.02. The number of aromatic hydroxyl groups is 1. The van der Waals surface area contributed by atoms with Crippen molar-refractivity contribution < 1.29 is 18.4 Å². The monoisotopic (exact) mass is 454 g/mol. The minimum absolute atomic E-state index is 0.0509. The molecular formula is C22H22N4O5S. The molecule has 0 radical (unpaired) electrons. The molecule has 0 saturated carbocycles. The molecule has 0 spiro atoms. The van der Waals surface area contributed by atoms with Gasteiger partial charge in [0.25, 0.3) is 5.69 Å². The highest BCUT2D eigenvalue weighted by Crippen LogP contribution is 2.31. The molecule has 4 rings (SSSR count). The number of benzene rings is 3. The first-order valence-corrected chi connectivity index (χ1v) is 11.5. The number of fused-ring (bicyclic) bond motifs is 1. The van der Waals surface area contributed by atoms with Crippen molar-refractivity contribution in [2.24, 2.45) is 5.10 Å². The summed E-state index contributed by atoms with van der Waals surface area (Å²) >= 11 is 0. The van der Waals surface area contributed by atoms with Crippen LogP contribution in [-0.2, 0) is 10.0 Å². The van der Waals surface area contributed by atoms with Crippen LogP contribution >= 0.6 is 0 Å². The molecule has 2 N–H and O–H groups in total. The standard InChI is InChI=1S/C22H22N4O5S/c1-15(18-10-8-16-6-2-3-7-19(16)22(18)27)23-24-20-11-9-17(14-21(20)26(28)29)32(30,31)25-12-4-5-13-25/h2-3,6-11,14,24,27H,4-5,12-13H2,1H3/b23-15+. The van der Waals surface area contributed by atoms with Crippen LogP contribution in [0.25, 0.3) is 10.8 Å². The predicted octanol–water partition coefficient (Wildman–Crippen LogP) is 4.07. The Morgan fingerprint density at radius 1 is 1.12 bits per heavy atom. The highest BCUT2D eigenvalue weighted by Gasteiger charge is 2.29. The van der Waals surface area contributed by atoms with Crippen LogP contribution in [0.5, 0.6) is 5.75 Å². The molecule has 1 heterocycles. The molecule has 0 amide bonds. The lowest BCUT2D eigenvalue weighted by Crippen LogP contribution is -2.27. The maximum Gasteiger partial charge on any atom is 0.295 e. The van der Waals surface area contributed by atoms with Crippen LogP contribution < -0.4 is 5.43 Å². The van der Waals surface area contributed by atoms with Crippen molar-refractivity contribution in [3.63, 3.8) is 0 Å². The summed E-state index contributed by atoms with van der Waals surface area (Å²) < 4.78 is 26.8. The lowest BCUT2D eigenvalue weighted by atomic mass is 10.0. The average Bonchev–Trinajstić information content (AvgIpc) is 3.33. The molecule has 166 valence electrons. The second kappa shape index (κ2) is 8.56. The Hall–Kier alpha value is -3.50. The average molecular weight is 455 g/mol. The second-order valence-corrected chi connectivity index (χ2v) is 9.48. The maximum atomic E-state index is 12.7. The summed E-state index contributed by atoms with van der Waals surface area (Å²) in [7, 11) is -3.78. The number of nitro groups is 1. The second-order valence-electron chi connectivity index (χ2n) is 7.54. The van der Waals surface area contributed by atoms with Gasteiger partial charge >= 0.3 is 0 Å². The largest absolute Gasteiger partial charge is 0.507 e. The van der Waals surface area contributed by atoms with Gasteiger partial charge in [0, 0.05) is 30.1 Å². The molecule has 0 aliphatic carbocycles. The fourth-order valence-electron chi connectivity index (χ4n) is 3.75. The van der Waals surface area contributed by atoms with Crippen molar-refractivity contribution in [2.75, 3.05) is 18.5 Å². The number of nitrogens with zero attached hydrogens (tertiary/aromatic N) is 3. The molecule has 0 atom stereocenters. The van der Waals surface area contributed by atoms with Gasteiger partial charge in [0.05, 0.1) is 15.5 Å². The van der Waals surface area contributed by atoms with Crippen molar-refractivity contribution >= 4 is 37.9 Å². The molecule has 1 fully saturated rings. The number of nitrogens with one attached hydrogen (secondary N) is 1. The minimum atomic E-state index is -3.78. The number of hydrogen-bond donors (Lipinski definition) is 2. The first-order chi connectivity index (χ1) is 15.3. The highest BCUT2D eigenvalue weighted by molar-refractivity contribution is 7.89. The van der Waals surface area contributed by atoms with Crippen LogP contribution in [0.3, 0.4) is 0 Å². The summed E-state index contributed by atoms with van der Waals surface area (Å²) in [4.78, 5) is 10.8. The highest BCUT2D eigenvalue weighted by atomic mass is 32.2. The number of phenolic OH excluding ortho intramolecular Hbond substituents is 1. The molecule has 9 nitrogen and oxygen atoms in total. The van der Waals surface area contributed by atoms with E-state index >= 15 is 0 Å². The van der Waals surface area contributed by atoms with E-state index < -0.39 is 20.6 Å². The number of hydrogen-bond acceptors (Lipinski definition) is 7. The normalized spacial score (nSPS) is 15.2. The smallest absolute Gasteiger partial charge is 0.295 e. The van der Waals surface area contributed by atoms with E-state index in [2.05, 4.69) is 10.5 Å². The molecule has 3 aromatic carbocycles. The Morgan fingerprint density at radius 3 is 2.56 bits per heavy atom. The molecule has 1 aliphatic rings. The molecule has 0 bridgehead atoms. The van der Waals surface area contributed by atoms with Crippen molar-refractivity contribution in [2.45, 2.75) is 24.7 Å². The van der Waals surface area contributed by atoms with Crippen LogP contribution in [0.1, 0.15) is 25.3 Å². The van der Waals surface area contributed by atoms with Gasteiger partial charge in [-0.25, -0.2) is 8.42 Å². The van der Waals surface area contributed by atoms with Gasteiger partial charge in [-0.1, -0.05) is 30.3 Å². The first-order valence-electron chi connectivity index (χ1n) is 10.1. The fraction of sp³-hybridized carbons (Fsp3) is 0.227. The SMILES string of the molecule is C/C(=N\Nc1ccc(S(=O)(=O)N2CCCC2)cc1[N+](=O)[O-])c1ccc2ccccc2c1O. The van der Waals surface area contributed by atoms with Gasteiger partial charge in [0.15, 0.2) is 0 Å². The van der Waals surface area contributed by atoms with Crippen molar-refractivity contribution in [3.05, 3.63) is 70.3 Å². The summed E-state index contributed by atoms with van der Waals surface area (Å²) in [5.41, 5.74) is 3.19. The van der Waals surface area contributed by atoms with E-state index in [1.54, 1.807) is 19.1 Å². The number of rotatable bonds is 6. The first kappa shape index (κ1) is 21.7. The molecular weight excluding hydrogens is 432 g/mol. The zero-order valence-electron chi connectivity index (χ0n) is 17.4. The Balaban J connectivity index is 1.65. The topological polar surface area (TPSA) is 125 Å². The molecule has 10 heteroatoms. The van der Waals surface area contributed by atoms with E-state index in [1.165, 1.54) is 16.4 Å². The predicted molar refractivity (Wildman–Crippen MR) is 123 cm³/mol. The van der Waals surface area contributed by atoms with Crippen LogP contribution in [0.2, 0.25) is 0 Å². The third-order valence-corrected chi connectivity index (χ3v) is 7.40. The molecule has 0 aromatic heterocycles. The lowest BCUT2D eigenvalue weighted by Gasteiger charge is -2.15. The van der Waals surface area contributed by atoms with E-state index in [-0.39, 0.29) is 16.3 Å². The van der Waals surface area contributed by atoms with Crippen LogP contribution in [0.15, 0.2) is 64.6 Å². The summed E-state index contributed by atoms with van der Waals surface area (Å²) in [5.74, 6) is 0.0627. The van der Waals surface area contributed by atoms with E-state index in [1.807, 2.05) is 24.3 Å². The summed E-state index contributed by atoms with van der Waals surface area (Å²) in [5, 5.41) is 27.9. The molecule has 3 aromatic rings. The van der Waals surface area contributed by atoms with Crippen LogP contribution in [0, 0.1) is 10.1 Å². The number of hydrazone groups is 1. The van der Waals surface area contributed by atoms with Crippen molar-refractivity contribution in [1.29, 1.82) is 0 Å². The van der Waals surface area contributed by atoms with Gasteiger partial charge in [-0.3, -0.25) is 15.5 Å². The Bertz CT molecular complexity index is 1330. The number of phenols is 1. The Kier molecular flexibility index (Phi) is 5.81. The van der Waals surface area contributed by atoms with Gasteiger partial charge in [-0.05, 0) is 43.4 Å². The lowest BCUT2D eigenvalue weighted by molar-refractivity contribution is -0.384. The third-order valence-electron chi connectivity index (χ3n) is 5.50. The van der Waals surface area contributed by atoms with Crippen molar-refractivity contribution in [1.82, 2.24) is 4.31 Å². The quantitative estimate of drug-likeness (QED) is 0.328. The summed E-state index contributed by atoms with van der Waals surface area (Å²) in [6.45, 7) is 2.48. The van der Waals surface area contributed by atoms with E-state index in [4.69, 9.17) is 0 Å². The van der Waals surface area contributed by atoms with Crippen molar-refractivity contribution in [3.8, 4) is 5.75 Å². The zero-order valence-corrected chi connectivity index (χ0v) is 18.2. The fourth-order valence-corrected chi connectivity index (χ4v) is 5.28. The zero-order chi connectivity index (χ0) is 22.9. The maximum absolute atomic E-state index is 12.7. The van der Waals surface area contributed by atoms with Crippen LogP contribution in [-0.4, -0.2) is 41.6 Å². The molecule has 32 heavy (non-hydrogen) atoms. The van der Waals surface area contributed by atoms with Gasteiger partial charge in [-0.2, -0.15) is 9.41 Å². The molecule has 0 unspecified atom stereocenters. The van der Waals surface area contributed by atoms with E-state index in [0.29, 0.717) is 29.8 Å². The van der Waals surface area contributed by atoms with Gasteiger partial charge < -0.3 is 5.11 Å². The Labute approximate surface area is 185 Å². The minimum Gasteiger partial charge on any atom is -0.507 e. The molecule has 1 aliphatic heterocycles. The summed E-state index contributed by atoms with van der Waals surface area (Å²) in [6, 6.07) is 14.6. The van der Waals surface area contributed by atoms with Gasteiger partial charge in [-0.15, -0.1) is 0 Å².